The minimum atomic E-state index is 0.327. The predicted octanol–water partition coefficient (Wildman–Crippen LogP) is 1.13. The molecule has 3 rings (SSSR count). The van der Waals surface area contributed by atoms with Crippen LogP contribution in [0.4, 0.5) is 5.95 Å². The molecule has 0 saturated carbocycles. The van der Waals surface area contributed by atoms with Crippen molar-refractivity contribution in [2.45, 2.75) is 0 Å². The Balaban J connectivity index is 1.85. The quantitative estimate of drug-likeness (QED) is 0.840. The molecule has 1 aliphatic rings. The number of hydrogen-bond donors (Lipinski definition) is 2. The molecule has 0 aliphatic carbocycles. The summed E-state index contributed by atoms with van der Waals surface area (Å²) in [5.74, 6) is 1.34. The van der Waals surface area contributed by atoms with E-state index in [0.29, 0.717) is 17.0 Å². The van der Waals surface area contributed by atoms with Crippen LogP contribution in [0.2, 0.25) is 5.22 Å². The Morgan fingerprint density at radius 3 is 2.88 bits per heavy atom. The first kappa shape index (κ1) is 10.6. The van der Waals surface area contributed by atoms with Crippen molar-refractivity contribution in [3.8, 4) is 11.4 Å². The third-order valence-electron chi connectivity index (χ3n) is 2.75. The summed E-state index contributed by atoms with van der Waals surface area (Å²) in [5.41, 5.74) is 0.737. The summed E-state index contributed by atoms with van der Waals surface area (Å²) in [5, 5.41) is 10.7. The van der Waals surface area contributed by atoms with Crippen molar-refractivity contribution in [2.75, 3.05) is 31.1 Å². The maximum Gasteiger partial charge on any atom is 0.245 e. The summed E-state index contributed by atoms with van der Waals surface area (Å²) in [7, 11) is 0. The smallest absolute Gasteiger partial charge is 0.245 e. The lowest BCUT2D eigenvalue weighted by molar-refractivity contribution is 0.570. The number of halogens is 1. The lowest BCUT2D eigenvalue weighted by Gasteiger charge is -2.25. The van der Waals surface area contributed by atoms with E-state index in [1.807, 2.05) is 0 Å². The summed E-state index contributed by atoms with van der Waals surface area (Å²) >= 11 is 5.89. The number of rotatable bonds is 2. The number of aromatic amines is 1. The fourth-order valence-electron chi connectivity index (χ4n) is 1.84. The number of nitrogens with zero attached hydrogens (tertiary/aromatic N) is 3. The lowest BCUT2D eigenvalue weighted by atomic mass is 10.3. The van der Waals surface area contributed by atoms with Crippen LogP contribution in [0.1, 0.15) is 0 Å². The van der Waals surface area contributed by atoms with Crippen LogP contribution in [0.3, 0.4) is 0 Å². The van der Waals surface area contributed by atoms with Gasteiger partial charge in [-0.05, 0) is 17.7 Å². The van der Waals surface area contributed by atoms with Crippen LogP contribution in [0.25, 0.3) is 11.4 Å². The Kier molecular flexibility index (Phi) is 2.74. The molecule has 2 aromatic rings. The van der Waals surface area contributed by atoms with Gasteiger partial charge in [0.25, 0.3) is 0 Å². The first-order chi connectivity index (χ1) is 8.34. The summed E-state index contributed by atoms with van der Waals surface area (Å²) in [6.07, 6.45) is 1.53. The molecular weight excluding hydrogens is 242 g/mol. The summed E-state index contributed by atoms with van der Waals surface area (Å²) < 4.78 is 5.03. The zero-order valence-electron chi connectivity index (χ0n) is 9.11. The fraction of sp³-hybridized carbons (Fsp3) is 0.400. The number of nitrogens with one attached hydrogen (secondary N) is 2. The monoisotopic (exact) mass is 253 g/mol. The number of aromatic nitrogens is 3. The second kappa shape index (κ2) is 4.38. The second-order valence-corrected chi connectivity index (χ2v) is 4.17. The first-order valence-corrected chi connectivity index (χ1v) is 5.84. The van der Waals surface area contributed by atoms with E-state index in [9.17, 15) is 0 Å². The molecule has 6 nitrogen and oxygen atoms in total. The van der Waals surface area contributed by atoms with Crippen LogP contribution in [-0.4, -0.2) is 41.4 Å². The van der Waals surface area contributed by atoms with Crippen molar-refractivity contribution < 1.29 is 4.42 Å². The van der Waals surface area contributed by atoms with E-state index >= 15 is 0 Å². The van der Waals surface area contributed by atoms with Gasteiger partial charge in [-0.25, -0.2) is 0 Å². The van der Waals surface area contributed by atoms with Crippen molar-refractivity contribution in [3.05, 3.63) is 17.5 Å². The molecule has 2 aromatic heterocycles. The van der Waals surface area contributed by atoms with Crippen LogP contribution in [0, 0.1) is 0 Å². The first-order valence-electron chi connectivity index (χ1n) is 5.46. The molecule has 17 heavy (non-hydrogen) atoms. The normalized spacial score (nSPS) is 16.4. The highest BCUT2D eigenvalue weighted by atomic mass is 35.5. The number of H-pyrrole nitrogens is 1. The van der Waals surface area contributed by atoms with Gasteiger partial charge < -0.3 is 14.6 Å². The highest BCUT2D eigenvalue weighted by molar-refractivity contribution is 6.31. The molecule has 2 N–H and O–H groups in total. The Hall–Kier alpha value is -1.53. The standard InChI is InChI=1S/C10H12ClN5O/c11-8-7(1-6-17-8)9-13-10(15-14-9)16-4-2-12-3-5-16/h1,6,12H,2-5H2,(H,13,14,15). The number of hydrogen-bond acceptors (Lipinski definition) is 5. The Bertz CT molecular complexity index is 502. The maximum absolute atomic E-state index is 5.89. The molecule has 0 amide bonds. The molecule has 0 spiro atoms. The van der Waals surface area contributed by atoms with Crippen LogP contribution >= 0.6 is 11.6 Å². The highest BCUT2D eigenvalue weighted by Crippen LogP contribution is 2.26. The van der Waals surface area contributed by atoms with E-state index in [1.165, 1.54) is 6.26 Å². The molecule has 0 aromatic carbocycles. The van der Waals surface area contributed by atoms with Gasteiger partial charge in [-0.3, -0.25) is 5.10 Å². The number of piperazine rings is 1. The molecule has 0 atom stereocenters. The van der Waals surface area contributed by atoms with Gasteiger partial charge in [0.1, 0.15) is 0 Å². The molecule has 7 heteroatoms. The van der Waals surface area contributed by atoms with Crippen molar-refractivity contribution in [1.82, 2.24) is 20.5 Å². The van der Waals surface area contributed by atoms with Crippen molar-refractivity contribution >= 4 is 17.5 Å². The Labute approximate surface area is 103 Å². The van der Waals surface area contributed by atoms with E-state index in [4.69, 9.17) is 16.0 Å². The van der Waals surface area contributed by atoms with Gasteiger partial charge in [0.2, 0.25) is 11.2 Å². The molecule has 3 heterocycles. The van der Waals surface area contributed by atoms with Gasteiger partial charge in [-0.1, -0.05) is 0 Å². The van der Waals surface area contributed by atoms with E-state index in [1.54, 1.807) is 6.07 Å². The number of anilines is 1. The average molecular weight is 254 g/mol. The zero-order chi connectivity index (χ0) is 11.7. The molecule has 90 valence electrons. The number of furan rings is 1. The largest absolute Gasteiger partial charge is 0.452 e. The van der Waals surface area contributed by atoms with Gasteiger partial charge in [0.05, 0.1) is 11.8 Å². The second-order valence-electron chi connectivity index (χ2n) is 3.83. The van der Waals surface area contributed by atoms with Crippen LogP contribution in [-0.2, 0) is 0 Å². The minimum absolute atomic E-state index is 0.327. The van der Waals surface area contributed by atoms with E-state index in [0.717, 1.165) is 31.7 Å². The molecule has 0 unspecified atom stereocenters. The Morgan fingerprint density at radius 1 is 1.35 bits per heavy atom. The topological polar surface area (TPSA) is 70.0 Å². The molecule has 0 bridgehead atoms. The maximum atomic E-state index is 5.89. The molecule has 1 fully saturated rings. The van der Waals surface area contributed by atoms with Crippen LogP contribution < -0.4 is 10.2 Å². The highest BCUT2D eigenvalue weighted by Gasteiger charge is 2.17. The molecule has 0 radical (unpaired) electrons. The van der Waals surface area contributed by atoms with E-state index < -0.39 is 0 Å². The summed E-state index contributed by atoms with van der Waals surface area (Å²) in [6, 6.07) is 1.77. The van der Waals surface area contributed by atoms with Gasteiger partial charge in [-0.15, -0.1) is 5.10 Å². The van der Waals surface area contributed by atoms with Gasteiger partial charge >= 0.3 is 0 Å². The third-order valence-corrected chi connectivity index (χ3v) is 3.04. The SMILES string of the molecule is Clc1occc1-c1nc(N2CCNCC2)n[nH]1. The van der Waals surface area contributed by atoms with Gasteiger partial charge in [0.15, 0.2) is 5.82 Å². The summed E-state index contributed by atoms with van der Waals surface area (Å²) in [6.45, 7) is 3.74. The molecule has 1 aliphatic heterocycles. The van der Waals surface area contributed by atoms with Crippen LogP contribution in [0.5, 0.6) is 0 Å². The van der Waals surface area contributed by atoms with E-state index in [2.05, 4.69) is 25.4 Å². The Morgan fingerprint density at radius 2 is 2.18 bits per heavy atom. The van der Waals surface area contributed by atoms with Crippen molar-refractivity contribution in [3.63, 3.8) is 0 Å². The fourth-order valence-corrected chi connectivity index (χ4v) is 2.05. The lowest BCUT2D eigenvalue weighted by Crippen LogP contribution is -2.44. The summed E-state index contributed by atoms with van der Waals surface area (Å²) in [4.78, 5) is 6.55. The van der Waals surface area contributed by atoms with Gasteiger partial charge in [-0.2, -0.15) is 4.98 Å². The van der Waals surface area contributed by atoms with Crippen molar-refractivity contribution in [2.24, 2.45) is 0 Å². The van der Waals surface area contributed by atoms with Crippen LogP contribution in [0.15, 0.2) is 16.7 Å². The molecular formula is C10H12ClN5O. The van der Waals surface area contributed by atoms with Gasteiger partial charge in [0, 0.05) is 26.2 Å². The molecule has 1 saturated heterocycles. The van der Waals surface area contributed by atoms with E-state index in [-0.39, 0.29) is 0 Å². The zero-order valence-corrected chi connectivity index (χ0v) is 9.87. The predicted molar refractivity (Wildman–Crippen MR) is 64.2 cm³/mol. The minimum Gasteiger partial charge on any atom is -0.452 e. The third kappa shape index (κ3) is 2.01. The van der Waals surface area contributed by atoms with Crippen molar-refractivity contribution in [1.29, 1.82) is 0 Å². The average Bonchev–Trinajstić information content (AvgIpc) is 2.98.